The van der Waals surface area contributed by atoms with Crippen LogP contribution in [0.3, 0.4) is 0 Å². The number of aliphatic hydroxyl groups is 1. The van der Waals surface area contributed by atoms with Crippen molar-refractivity contribution in [2.45, 2.75) is 6.42 Å². The van der Waals surface area contributed by atoms with E-state index in [0.717, 1.165) is 21.7 Å². The number of aromatic nitrogens is 1. The minimum Gasteiger partial charge on any atom is -1.00 e. The van der Waals surface area contributed by atoms with Gasteiger partial charge < -0.3 is 17.5 Å². The maximum atomic E-state index is 13.2. The summed E-state index contributed by atoms with van der Waals surface area (Å²) in [4.78, 5) is 18.3. The Labute approximate surface area is 212 Å². The van der Waals surface area contributed by atoms with Gasteiger partial charge in [0.15, 0.2) is 0 Å². The zero-order valence-corrected chi connectivity index (χ0v) is 20.8. The molecule has 7 nitrogen and oxygen atoms in total. The zero-order chi connectivity index (χ0) is 24.0. The lowest BCUT2D eigenvalue weighted by atomic mass is 10.1. The normalized spacial score (nSPS) is 15.4. The molecule has 0 saturated carbocycles. The summed E-state index contributed by atoms with van der Waals surface area (Å²) in [6.45, 7) is 1.01. The lowest BCUT2D eigenvalue weighted by Gasteiger charge is -2.30. The van der Waals surface area contributed by atoms with Crippen LogP contribution in [-0.4, -0.2) is 61.5 Å². The predicted octanol–water partition coefficient (Wildman–Crippen LogP) is -1.15. The second kappa shape index (κ2) is 12.2. The Hall–Kier alpha value is -2.88. The molecule has 3 aromatic rings. The van der Waals surface area contributed by atoms with Gasteiger partial charge in [-0.15, -0.1) is 0 Å². The van der Waals surface area contributed by atoms with Gasteiger partial charge in [-0.1, -0.05) is 48.5 Å². The van der Waals surface area contributed by atoms with Crippen molar-refractivity contribution in [2.24, 2.45) is 0 Å². The fourth-order valence-electron chi connectivity index (χ4n) is 4.04. The molecule has 0 aliphatic carbocycles. The number of sulfonamides is 1. The van der Waals surface area contributed by atoms with Crippen molar-refractivity contribution in [1.82, 2.24) is 9.29 Å². The first kappa shape index (κ1) is 26.7. The number of pyridine rings is 1. The number of nitrogens with one attached hydrogen (secondary N) is 1. The Kier molecular flexibility index (Phi) is 9.31. The quantitative estimate of drug-likeness (QED) is 0.416. The second-order valence-corrected chi connectivity index (χ2v) is 10.1. The third kappa shape index (κ3) is 6.42. The summed E-state index contributed by atoms with van der Waals surface area (Å²) in [7, 11) is -3.73. The van der Waals surface area contributed by atoms with E-state index in [1.165, 1.54) is 4.31 Å². The topological polar surface area (TPSA) is 92.0 Å². The second-order valence-electron chi connectivity index (χ2n) is 8.12. The van der Waals surface area contributed by atoms with E-state index in [-0.39, 0.29) is 49.3 Å². The summed E-state index contributed by atoms with van der Waals surface area (Å²) in [5.41, 5.74) is 3.14. The molecule has 4 rings (SSSR count). The molecule has 1 amide bonds. The lowest BCUT2D eigenvalue weighted by molar-refractivity contribution is -0.818. The van der Waals surface area contributed by atoms with E-state index in [2.05, 4.69) is 4.98 Å². The molecule has 0 bridgehead atoms. The Morgan fingerprint density at radius 2 is 1.63 bits per heavy atom. The third-order valence-corrected chi connectivity index (χ3v) is 7.94. The maximum absolute atomic E-state index is 13.2. The predicted molar refractivity (Wildman–Crippen MR) is 131 cm³/mol. The Balaban J connectivity index is 0.00000342. The van der Waals surface area contributed by atoms with Crippen LogP contribution in [0.15, 0.2) is 83.9 Å². The molecule has 0 radical (unpaired) electrons. The maximum Gasteiger partial charge on any atom is 0.344 e. The van der Waals surface area contributed by atoms with Gasteiger partial charge in [0, 0.05) is 24.8 Å². The van der Waals surface area contributed by atoms with E-state index in [1.54, 1.807) is 24.4 Å². The van der Waals surface area contributed by atoms with Gasteiger partial charge in [0.1, 0.15) is 0 Å². The molecule has 9 heteroatoms. The number of piperazine rings is 1. The average molecular weight is 514 g/mol. The van der Waals surface area contributed by atoms with Crippen molar-refractivity contribution in [1.29, 1.82) is 0 Å². The number of halogens is 1. The molecule has 1 saturated heterocycles. The van der Waals surface area contributed by atoms with E-state index in [4.69, 9.17) is 0 Å². The first-order valence-corrected chi connectivity index (χ1v) is 12.7. The van der Waals surface area contributed by atoms with Gasteiger partial charge in [0.2, 0.25) is 10.0 Å². The van der Waals surface area contributed by atoms with E-state index in [9.17, 15) is 18.3 Å². The number of carbonyl (C=O) groups is 1. The number of amides is 1. The van der Waals surface area contributed by atoms with E-state index >= 15 is 0 Å². The number of aliphatic hydroxyl groups excluding tert-OH is 1. The Morgan fingerprint density at radius 1 is 0.971 bits per heavy atom. The van der Waals surface area contributed by atoms with Crippen LogP contribution in [0.4, 0.5) is 0 Å². The Bertz CT molecular complexity index is 1240. The third-order valence-electron chi connectivity index (χ3n) is 5.91. The number of carbonyl (C=O) groups excluding carboxylic acids is 1. The van der Waals surface area contributed by atoms with Gasteiger partial charge in [0.05, 0.1) is 42.3 Å². The highest BCUT2D eigenvalue weighted by Gasteiger charge is 2.34. The van der Waals surface area contributed by atoms with Gasteiger partial charge in [-0.25, -0.2) is 13.2 Å². The fourth-order valence-corrected chi connectivity index (χ4v) is 5.67. The van der Waals surface area contributed by atoms with Crippen molar-refractivity contribution < 1.29 is 35.6 Å². The Morgan fingerprint density at radius 3 is 2.23 bits per heavy atom. The first-order chi connectivity index (χ1) is 16.5. The smallest absolute Gasteiger partial charge is 0.344 e. The van der Waals surface area contributed by atoms with Crippen LogP contribution >= 0.6 is 0 Å². The minimum atomic E-state index is -3.73. The highest BCUT2D eigenvalue weighted by Crippen LogP contribution is 2.21. The van der Waals surface area contributed by atoms with Crippen LogP contribution < -0.4 is 17.3 Å². The summed E-state index contributed by atoms with van der Waals surface area (Å²) in [6, 6.07) is 22.2. The van der Waals surface area contributed by atoms with Crippen LogP contribution in [0.2, 0.25) is 0 Å². The molecule has 1 aromatic heterocycles. The van der Waals surface area contributed by atoms with Crippen LogP contribution in [0.25, 0.3) is 17.3 Å². The number of benzene rings is 2. The number of nitrogens with zero attached hydrogens (tertiary/aromatic N) is 2. The molecule has 184 valence electrons. The van der Waals surface area contributed by atoms with Crippen molar-refractivity contribution in [3.05, 3.63) is 95.0 Å². The molecule has 0 spiro atoms. The highest BCUT2D eigenvalue weighted by atomic mass is 35.5. The minimum absolute atomic E-state index is 0. The van der Waals surface area contributed by atoms with Crippen LogP contribution in [0.5, 0.6) is 0 Å². The molecular formula is C26H28ClN3O4S. The molecule has 0 unspecified atom stereocenters. The molecule has 0 atom stereocenters. The van der Waals surface area contributed by atoms with E-state index in [0.29, 0.717) is 18.7 Å². The SMILES string of the molecule is O=C(c1ccc(-c2ccccn2)cc1)[NH+]1CCN(S(=O)(=O)C(=Cc2ccccc2)CCO)CC1.[Cl-]. The average Bonchev–Trinajstić information content (AvgIpc) is 2.89. The summed E-state index contributed by atoms with van der Waals surface area (Å²) in [5, 5.41) is 9.43. The molecule has 2 aromatic carbocycles. The molecule has 2 heterocycles. The van der Waals surface area contributed by atoms with Crippen molar-refractivity contribution in [3.8, 4) is 11.3 Å². The molecule has 35 heavy (non-hydrogen) atoms. The molecule has 2 N–H and O–H groups in total. The van der Waals surface area contributed by atoms with Crippen LogP contribution in [0, 0.1) is 0 Å². The van der Waals surface area contributed by atoms with Crippen molar-refractivity contribution >= 4 is 22.0 Å². The number of hydrogen-bond donors (Lipinski definition) is 2. The highest BCUT2D eigenvalue weighted by molar-refractivity contribution is 7.93. The fraction of sp³-hybridized carbons (Fsp3) is 0.231. The van der Waals surface area contributed by atoms with Gasteiger partial charge in [-0.2, -0.15) is 4.31 Å². The first-order valence-electron chi connectivity index (χ1n) is 11.3. The van der Waals surface area contributed by atoms with E-state index < -0.39 is 10.0 Å². The van der Waals surface area contributed by atoms with Gasteiger partial charge >= 0.3 is 5.91 Å². The van der Waals surface area contributed by atoms with Gasteiger partial charge in [-0.05, 0) is 35.9 Å². The summed E-state index contributed by atoms with van der Waals surface area (Å²) in [6.07, 6.45) is 3.39. The summed E-state index contributed by atoms with van der Waals surface area (Å²) < 4.78 is 27.9. The summed E-state index contributed by atoms with van der Waals surface area (Å²) >= 11 is 0. The summed E-state index contributed by atoms with van der Waals surface area (Å²) in [5.74, 6) is -0.0416. The van der Waals surface area contributed by atoms with E-state index in [1.807, 2.05) is 60.7 Å². The standard InChI is InChI=1S/C26H27N3O4S.ClH/c30-19-13-24(20-21-6-2-1-3-7-21)34(32,33)29-17-15-28(16-18-29)26(31)23-11-9-22(10-12-23)25-8-4-5-14-27-25;/h1-12,14,20,30H,13,15-19H2;1H. The molecule has 1 aliphatic heterocycles. The van der Waals surface area contributed by atoms with Gasteiger partial charge in [-0.3, -0.25) is 9.88 Å². The molecule has 1 aliphatic rings. The molecule has 1 fully saturated rings. The number of hydrogen-bond acceptors (Lipinski definition) is 5. The number of rotatable bonds is 7. The molecular weight excluding hydrogens is 486 g/mol. The van der Waals surface area contributed by atoms with Crippen molar-refractivity contribution in [2.75, 3.05) is 32.8 Å². The largest absolute Gasteiger partial charge is 1.00 e. The van der Waals surface area contributed by atoms with Crippen LogP contribution in [-0.2, 0) is 10.0 Å². The number of quaternary nitrogens is 1. The monoisotopic (exact) mass is 513 g/mol. The lowest BCUT2D eigenvalue weighted by Crippen LogP contribution is -3.17. The van der Waals surface area contributed by atoms with Gasteiger partial charge in [0.25, 0.3) is 0 Å². The van der Waals surface area contributed by atoms with Crippen molar-refractivity contribution in [3.63, 3.8) is 0 Å². The van der Waals surface area contributed by atoms with Crippen LogP contribution in [0.1, 0.15) is 22.3 Å². The zero-order valence-electron chi connectivity index (χ0n) is 19.2.